The average molecular weight is 454 g/mol. The molecular formula is C21H21F3N2O4S. The highest BCUT2D eigenvalue weighted by Gasteiger charge is 2.35. The van der Waals surface area contributed by atoms with Gasteiger partial charge in [-0.2, -0.15) is 17.5 Å². The molecule has 0 bridgehead atoms. The highest BCUT2D eigenvalue weighted by molar-refractivity contribution is 7.89. The van der Waals surface area contributed by atoms with Crippen LogP contribution in [0.1, 0.15) is 11.1 Å². The zero-order chi connectivity index (χ0) is 22.6. The van der Waals surface area contributed by atoms with Crippen LogP contribution in [-0.4, -0.2) is 51.1 Å². The molecule has 2 aromatic carbocycles. The predicted molar refractivity (Wildman–Crippen MR) is 110 cm³/mol. The minimum atomic E-state index is -4.74. The first kappa shape index (κ1) is 23.0. The normalized spacial score (nSPS) is 16.2. The lowest BCUT2D eigenvalue weighted by atomic mass is 10.1. The van der Waals surface area contributed by atoms with Gasteiger partial charge in [0.2, 0.25) is 15.9 Å². The van der Waals surface area contributed by atoms with Crippen LogP contribution in [0.4, 0.5) is 18.9 Å². The number of halogens is 3. The molecule has 0 radical (unpaired) electrons. The zero-order valence-corrected chi connectivity index (χ0v) is 17.5. The van der Waals surface area contributed by atoms with Crippen molar-refractivity contribution in [1.29, 1.82) is 0 Å². The fourth-order valence-electron chi connectivity index (χ4n) is 3.14. The molecular weight excluding hydrogens is 433 g/mol. The van der Waals surface area contributed by atoms with Gasteiger partial charge < -0.3 is 10.1 Å². The van der Waals surface area contributed by atoms with E-state index in [9.17, 15) is 26.4 Å². The van der Waals surface area contributed by atoms with Crippen molar-refractivity contribution in [1.82, 2.24) is 4.31 Å². The van der Waals surface area contributed by atoms with Crippen LogP contribution in [0.3, 0.4) is 0 Å². The fraction of sp³-hybridized carbons (Fsp3) is 0.286. The average Bonchev–Trinajstić information content (AvgIpc) is 2.74. The molecule has 166 valence electrons. The number of aryl methyl sites for hydroxylation is 1. The molecule has 0 atom stereocenters. The van der Waals surface area contributed by atoms with Crippen molar-refractivity contribution in [2.24, 2.45) is 0 Å². The molecule has 1 amide bonds. The van der Waals surface area contributed by atoms with Crippen LogP contribution in [0, 0.1) is 6.92 Å². The Bertz CT molecular complexity index is 1080. The number of benzene rings is 2. The van der Waals surface area contributed by atoms with Crippen LogP contribution in [0.15, 0.2) is 59.5 Å². The maximum Gasteiger partial charge on any atom is 0.417 e. The molecule has 0 saturated carbocycles. The van der Waals surface area contributed by atoms with E-state index in [0.717, 1.165) is 0 Å². The van der Waals surface area contributed by atoms with Crippen LogP contribution < -0.4 is 5.32 Å². The second kappa shape index (κ2) is 9.21. The summed E-state index contributed by atoms with van der Waals surface area (Å²) in [5.41, 5.74) is -0.711. The number of carbonyl (C=O) groups is 1. The van der Waals surface area contributed by atoms with E-state index in [2.05, 4.69) is 5.32 Å². The van der Waals surface area contributed by atoms with Crippen molar-refractivity contribution in [2.45, 2.75) is 18.0 Å². The quantitative estimate of drug-likeness (QED) is 0.701. The highest BCUT2D eigenvalue weighted by Crippen LogP contribution is 2.34. The lowest BCUT2D eigenvalue weighted by molar-refractivity contribution is -0.112. The van der Waals surface area contributed by atoms with E-state index < -0.39 is 27.7 Å². The minimum Gasteiger partial charge on any atom is -0.379 e. The SMILES string of the molecule is Cc1ccc(NC(=O)/C=C(/c2ccccc2)C(F)(F)F)cc1S(=O)(=O)N1CCOCC1. The molecule has 1 saturated heterocycles. The highest BCUT2D eigenvalue weighted by atomic mass is 32.2. The second-order valence-electron chi connectivity index (χ2n) is 6.91. The molecule has 31 heavy (non-hydrogen) atoms. The summed E-state index contributed by atoms with van der Waals surface area (Å²) >= 11 is 0. The first-order valence-corrected chi connectivity index (χ1v) is 10.9. The van der Waals surface area contributed by atoms with Gasteiger partial charge in [0.25, 0.3) is 0 Å². The molecule has 0 aromatic heterocycles. The van der Waals surface area contributed by atoms with E-state index >= 15 is 0 Å². The third-order valence-corrected chi connectivity index (χ3v) is 6.75. The van der Waals surface area contributed by atoms with Gasteiger partial charge in [-0.3, -0.25) is 4.79 Å². The van der Waals surface area contributed by atoms with Crippen molar-refractivity contribution < 1.29 is 31.1 Å². The molecule has 1 N–H and O–H groups in total. The van der Waals surface area contributed by atoms with Gasteiger partial charge in [0, 0.05) is 24.9 Å². The summed E-state index contributed by atoms with van der Waals surface area (Å²) in [5.74, 6) is -1.02. The summed E-state index contributed by atoms with van der Waals surface area (Å²) in [5, 5.41) is 2.33. The first-order valence-electron chi connectivity index (χ1n) is 9.43. The number of hydrogen-bond donors (Lipinski definition) is 1. The molecule has 0 aliphatic carbocycles. The van der Waals surface area contributed by atoms with E-state index in [1.807, 2.05) is 0 Å². The Hall–Kier alpha value is -2.69. The Kier molecular flexibility index (Phi) is 6.83. The summed E-state index contributed by atoms with van der Waals surface area (Å²) in [4.78, 5) is 12.3. The molecule has 1 aliphatic heterocycles. The van der Waals surface area contributed by atoms with Crippen LogP contribution in [0.25, 0.3) is 5.57 Å². The number of amides is 1. The minimum absolute atomic E-state index is 0.0183. The first-order chi connectivity index (χ1) is 14.6. The van der Waals surface area contributed by atoms with Gasteiger partial charge in [-0.1, -0.05) is 36.4 Å². The summed E-state index contributed by atoms with van der Waals surface area (Å²) in [7, 11) is -3.83. The zero-order valence-electron chi connectivity index (χ0n) is 16.6. The number of nitrogens with zero attached hydrogens (tertiary/aromatic N) is 1. The Morgan fingerprint density at radius 3 is 2.35 bits per heavy atom. The van der Waals surface area contributed by atoms with Crippen LogP contribution in [0.5, 0.6) is 0 Å². The Morgan fingerprint density at radius 2 is 1.74 bits per heavy atom. The number of allylic oxidation sites excluding steroid dienone is 1. The van der Waals surface area contributed by atoms with E-state index in [4.69, 9.17) is 4.74 Å². The van der Waals surface area contributed by atoms with Gasteiger partial charge in [0.05, 0.1) is 23.7 Å². The Labute approximate surface area is 178 Å². The monoisotopic (exact) mass is 454 g/mol. The molecule has 2 aromatic rings. The largest absolute Gasteiger partial charge is 0.417 e. The predicted octanol–water partition coefficient (Wildman–Crippen LogP) is 3.60. The van der Waals surface area contributed by atoms with Crippen molar-refractivity contribution in [2.75, 3.05) is 31.6 Å². The number of rotatable bonds is 5. The van der Waals surface area contributed by atoms with Crippen LogP contribution >= 0.6 is 0 Å². The Morgan fingerprint density at radius 1 is 1.10 bits per heavy atom. The van der Waals surface area contributed by atoms with E-state index in [1.165, 1.54) is 46.8 Å². The van der Waals surface area contributed by atoms with E-state index in [1.54, 1.807) is 13.0 Å². The second-order valence-corrected chi connectivity index (χ2v) is 8.81. The van der Waals surface area contributed by atoms with Gasteiger partial charge in [-0.25, -0.2) is 8.42 Å². The smallest absolute Gasteiger partial charge is 0.379 e. The molecule has 0 spiro atoms. The van der Waals surface area contributed by atoms with Crippen LogP contribution in [0.2, 0.25) is 0 Å². The number of carbonyl (C=O) groups excluding carboxylic acids is 1. The topological polar surface area (TPSA) is 75.7 Å². The number of nitrogens with one attached hydrogen (secondary N) is 1. The summed E-state index contributed by atoms with van der Waals surface area (Å²) < 4.78 is 72.7. The van der Waals surface area contributed by atoms with Gasteiger partial charge in [0.1, 0.15) is 0 Å². The van der Waals surface area contributed by atoms with Crippen molar-refractivity contribution in [3.05, 3.63) is 65.7 Å². The standard InChI is InChI=1S/C21H21F3N2O4S/c1-15-7-8-17(13-19(15)31(28,29)26-9-11-30-12-10-26)25-20(27)14-18(21(22,23)24)16-5-3-2-4-6-16/h2-8,13-14H,9-12H2,1H3,(H,25,27)/b18-14-. The third-order valence-electron chi connectivity index (χ3n) is 4.71. The molecule has 1 heterocycles. The molecule has 6 nitrogen and oxygen atoms in total. The summed E-state index contributed by atoms with van der Waals surface area (Å²) in [6.07, 6.45) is -4.28. The molecule has 0 unspecified atom stereocenters. The van der Waals surface area contributed by atoms with Gasteiger partial charge in [-0.05, 0) is 30.2 Å². The fourth-order valence-corrected chi connectivity index (χ4v) is 4.80. The van der Waals surface area contributed by atoms with Crippen molar-refractivity contribution in [3.63, 3.8) is 0 Å². The van der Waals surface area contributed by atoms with E-state index in [0.29, 0.717) is 11.6 Å². The van der Waals surface area contributed by atoms with Gasteiger partial charge >= 0.3 is 6.18 Å². The maximum atomic E-state index is 13.4. The summed E-state index contributed by atoms with van der Waals surface area (Å²) in [6, 6.07) is 11.1. The number of alkyl halides is 3. The number of sulfonamides is 1. The Balaban J connectivity index is 1.88. The van der Waals surface area contributed by atoms with Crippen molar-refractivity contribution in [3.8, 4) is 0 Å². The molecule has 1 aliphatic rings. The molecule has 1 fully saturated rings. The lowest BCUT2D eigenvalue weighted by Crippen LogP contribution is -2.40. The summed E-state index contributed by atoms with van der Waals surface area (Å²) in [6.45, 7) is 2.56. The van der Waals surface area contributed by atoms with Crippen LogP contribution in [-0.2, 0) is 19.6 Å². The van der Waals surface area contributed by atoms with Crippen molar-refractivity contribution >= 4 is 27.2 Å². The number of ether oxygens (including phenoxy) is 1. The number of anilines is 1. The maximum absolute atomic E-state index is 13.4. The lowest BCUT2D eigenvalue weighted by Gasteiger charge is -2.26. The van der Waals surface area contributed by atoms with E-state index in [-0.39, 0.29) is 42.4 Å². The molecule has 10 heteroatoms. The third kappa shape index (κ3) is 5.52. The molecule has 3 rings (SSSR count). The number of morpholine rings is 1. The number of hydrogen-bond acceptors (Lipinski definition) is 4. The van der Waals surface area contributed by atoms with Gasteiger partial charge in [0.15, 0.2) is 0 Å². The van der Waals surface area contributed by atoms with Gasteiger partial charge in [-0.15, -0.1) is 0 Å².